The number of anilines is 1. The highest BCUT2D eigenvalue weighted by Gasteiger charge is 2.13. The van der Waals surface area contributed by atoms with Gasteiger partial charge in [-0.25, -0.2) is 4.98 Å². The molecule has 2 aromatic heterocycles. The van der Waals surface area contributed by atoms with E-state index < -0.39 is 0 Å². The molecule has 1 atom stereocenters. The van der Waals surface area contributed by atoms with Gasteiger partial charge in [-0.3, -0.25) is 0 Å². The number of aliphatic hydroxyl groups excluding tert-OH is 1. The van der Waals surface area contributed by atoms with Crippen LogP contribution < -0.4 is 10.1 Å². The Morgan fingerprint density at radius 1 is 1.19 bits per heavy atom. The number of aromatic nitrogens is 4. The molecule has 0 radical (unpaired) electrons. The summed E-state index contributed by atoms with van der Waals surface area (Å²) >= 11 is 0. The lowest BCUT2D eigenvalue weighted by molar-refractivity contribution is 0.249. The first-order valence-electron chi connectivity index (χ1n) is 8.92. The van der Waals surface area contributed by atoms with Crippen molar-refractivity contribution in [2.75, 3.05) is 19.0 Å². The highest BCUT2D eigenvalue weighted by atomic mass is 16.5. The van der Waals surface area contributed by atoms with Crippen LogP contribution in [0.3, 0.4) is 0 Å². The number of imidazole rings is 1. The molecule has 1 aromatic carbocycles. The maximum atomic E-state index is 9.44. The van der Waals surface area contributed by atoms with E-state index in [1.165, 1.54) is 0 Å². The third-order valence-electron chi connectivity index (χ3n) is 4.46. The molecular weight excluding hydrogens is 342 g/mol. The molecule has 0 saturated carbocycles. The number of nitrogens with zero attached hydrogens (tertiary/aromatic N) is 4. The fourth-order valence-electron chi connectivity index (χ4n) is 2.78. The van der Waals surface area contributed by atoms with Crippen molar-refractivity contribution in [2.24, 2.45) is 5.92 Å². The van der Waals surface area contributed by atoms with Crippen molar-refractivity contribution >= 4 is 5.82 Å². The largest absolute Gasteiger partial charge is 0.495 e. The number of ether oxygens (including phenoxy) is 1. The number of rotatable bonds is 7. The Labute approximate surface area is 159 Å². The van der Waals surface area contributed by atoms with E-state index in [4.69, 9.17) is 4.74 Å². The van der Waals surface area contributed by atoms with Gasteiger partial charge in [0.1, 0.15) is 11.6 Å². The molecule has 0 bridgehead atoms. The van der Waals surface area contributed by atoms with Crippen LogP contribution in [0.1, 0.15) is 19.5 Å². The summed E-state index contributed by atoms with van der Waals surface area (Å²) < 4.78 is 7.48. The summed E-state index contributed by atoms with van der Waals surface area (Å²) in [5, 5.41) is 21.2. The van der Waals surface area contributed by atoms with Gasteiger partial charge in [0.2, 0.25) is 0 Å². The lowest BCUT2D eigenvalue weighted by Gasteiger charge is -2.20. The molecule has 2 N–H and O–H groups in total. The van der Waals surface area contributed by atoms with Gasteiger partial charge in [0, 0.05) is 11.8 Å². The van der Waals surface area contributed by atoms with Crippen LogP contribution in [-0.2, 0) is 0 Å². The maximum Gasteiger partial charge on any atom is 0.148 e. The van der Waals surface area contributed by atoms with Crippen molar-refractivity contribution in [3.05, 3.63) is 48.5 Å². The fraction of sp³-hybridized carbons (Fsp3) is 0.350. The van der Waals surface area contributed by atoms with Crippen LogP contribution in [0.5, 0.6) is 5.75 Å². The number of aliphatic hydroxyl groups is 1. The van der Waals surface area contributed by atoms with Gasteiger partial charge in [0.25, 0.3) is 0 Å². The van der Waals surface area contributed by atoms with Gasteiger partial charge in [-0.05, 0) is 37.1 Å². The molecule has 142 valence electrons. The first kappa shape index (κ1) is 18.8. The van der Waals surface area contributed by atoms with Gasteiger partial charge < -0.3 is 19.7 Å². The number of benzene rings is 1. The fourth-order valence-corrected chi connectivity index (χ4v) is 2.78. The van der Waals surface area contributed by atoms with Crippen LogP contribution in [0.2, 0.25) is 0 Å². The third-order valence-corrected chi connectivity index (χ3v) is 4.46. The SMILES string of the molecule is COc1cc(-c2ccc(N[C@H](CO)C(C)C)nn2)ccc1-n1cnc(C)c1. The Morgan fingerprint density at radius 2 is 2.00 bits per heavy atom. The zero-order valence-corrected chi connectivity index (χ0v) is 16.0. The van der Waals surface area contributed by atoms with E-state index >= 15 is 0 Å². The molecular formula is C20H25N5O2. The zero-order chi connectivity index (χ0) is 19.4. The van der Waals surface area contributed by atoms with Crippen LogP contribution in [-0.4, -0.2) is 44.6 Å². The van der Waals surface area contributed by atoms with E-state index in [1.807, 2.05) is 61.9 Å². The summed E-state index contributed by atoms with van der Waals surface area (Å²) in [6.45, 7) is 6.09. The molecule has 0 fully saturated rings. The number of aryl methyl sites for hydroxylation is 1. The molecule has 0 saturated heterocycles. The molecule has 0 spiro atoms. The minimum atomic E-state index is -0.0526. The van der Waals surface area contributed by atoms with Crippen LogP contribution in [0, 0.1) is 12.8 Å². The zero-order valence-electron chi connectivity index (χ0n) is 16.0. The number of hydrogen-bond acceptors (Lipinski definition) is 6. The Morgan fingerprint density at radius 3 is 2.56 bits per heavy atom. The summed E-state index contributed by atoms with van der Waals surface area (Å²) in [5.41, 5.74) is 3.51. The molecule has 0 aliphatic carbocycles. The first-order chi connectivity index (χ1) is 13.0. The van der Waals surface area contributed by atoms with E-state index in [2.05, 4.69) is 20.5 Å². The second kappa shape index (κ2) is 8.18. The predicted octanol–water partition coefficient (Wildman–Crippen LogP) is 3.08. The summed E-state index contributed by atoms with van der Waals surface area (Å²) in [4.78, 5) is 4.26. The molecule has 0 unspecified atom stereocenters. The van der Waals surface area contributed by atoms with Crippen molar-refractivity contribution in [3.63, 3.8) is 0 Å². The molecule has 3 aromatic rings. The molecule has 27 heavy (non-hydrogen) atoms. The van der Waals surface area contributed by atoms with E-state index in [-0.39, 0.29) is 12.6 Å². The Bertz CT molecular complexity index is 890. The molecule has 7 nitrogen and oxygen atoms in total. The summed E-state index contributed by atoms with van der Waals surface area (Å²) in [6, 6.07) is 9.61. The molecule has 0 aliphatic heterocycles. The van der Waals surface area contributed by atoms with Gasteiger partial charge in [-0.1, -0.05) is 19.9 Å². The normalized spacial score (nSPS) is 12.2. The highest BCUT2D eigenvalue weighted by molar-refractivity contribution is 5.65. The minimum Gasteiger partial charge on any atom is -0.495 e. The van der Waals surface area contributed by atoms with Gasteiger partial charge in [-0.15, -0.1) is 10.2 Å². The average Bonchev–Trinajstić information content (AvgIpc) is 3.12. The molecule has 2 heterocycles. The smallest absolute Gasteiger partial charge is 0.148 e. The highest BCUT2D eigenvalue weighted by Crippen LogP contribution is 2.29. The lowest BCUT2D eigenvalue weighted by Crippen LogP contribution is -2.29. The van der Waals surface area contributed by atoms with E-state index in [0.29, 0.717) is 11.7 Å². The van der Waals surface area contributed by atoms with Crippen LogP contribution in [0.15, 0.2) is 42.9 Å². The van der Waals surface area contributed by atoms with Crippen LogP contribution in [0.25, 0.3) is 16.9 Å². The van der Waals surface area contributed by atoms with E-state index in [9.17, 15) is 5.11 Å². The summed E-state index contributed by atoms with van der Waals surface area (Å²) in [5.74, 6) is 1.66. The standard InChI is InChI=1S/C20H25N5O2/c1-13(2)17(11-26)22-20-8-6-16(23-24-20)15-5-7-18(19(9-15)27-4)25-10-14(3)21-12-25/h5-10,12-13,17,26H,11H2,1-4H3,(H,22,24)/t17-/m1/s1. The predicted molar refractivity (Wildman–Crippen MR) is 105 cm³/mol. The van der Waals surface area contributed by atoms with Crippen molar-refractivity contribution in [1.82, 2.24) is 19.7 Å². The number of methoxy groups -OCH3 is 1. The Kier molecular flexibility index (Phi) is 5.71. The van der Waals surface area contributed by atoms with Crippen LogP contribution in [0.4, 0.5) is 5.82 Å². The number of hydrogen-bond donors (Lipinski definition) is 2. The van der Waals surface area contributed by atoms with Crippen molar-refractivity contribution in [3.8, 4) is 22.7 Å². The summed E-state index contributed by atoms with van der Waals surface area (Å²) in [6.07, 6.45) is 3.71. The number of nitrogens with one attached hydrogen (secondary N) is 1. The van der Waals surface area contributed by atoms with Crippen LogP contribution >= 0.6 is 0 Å². The minimum absolute atomic E-state index is 0.0491. The van der Waals surface area contributed by atoms with Crippen molar-refractivity contribution in [2.45, 2.75) is 26.8 Å². The van der Waals surface area contributed by atoms with Gasteiger partial charge in [-0.2, -0.15) is 0 Å². The van der Waals surface area contributed by atoms with Gasteiger partial charge >= 0.3 is 0 Å². The quantitative estimate of drug-likeness (QED) is 0.668. The monoisotopic (exact) mass is 367 g/mol. The van der Waals surface area contributed by atoms with Crippen molar-refractivity contribution in [1.29, 1.82) is 0 Å². The first-order valence-corrected chi connectivity index (χ1v) is 8.92. The lowest BCUT2D eigenvalue weighted by atomic mass is 10.1. The molecule has 3 rings (SSSR count). The Balaban J connectivity index is 1.84. The average molecular weight is 367 g/mol. The third kappa shape index (κ3) is 4.25. The Hall–Kier alpha value is -2.93. The summed E-state index contributed by atoms with van der Waals surface area (Å²) in [7, 11) is 1.64. The molecule has 7 heteroatoms. The van der Waals surface area contributed by atoms with E-state index in [1.54, 1.807) is 13.4 Å². The van der Waals surface area contributed by atoms with Gasteiger partial charge in [0.05, 0.1) is 43.2 Å². The van der Waals surface area contributed by atoms with E-state index in [0.717, 1.165) is 28.4 Å². The van der Waals surface area contributed by atoms with Crippen molar-refractivity contribution < 1.29 is 9.84 Å². The molecule has 0 aliphatic rings. The second-order valence-electron chi connectivity index (χ2n) is 6.79. The van der Waals surface area contributed by atoms with Gasteiger partial charge in [0.15, 0.2) is 0 Å². The topological polar surface area (TPSA) is 85.1 Å². The maximum absolute atomic E-state index is 9.44. The molecule has 0 amide bonds. The second-order valence-corrected chi connectivity index (χ2v) is 6.79.